The van der Waals surface area contributed by atoms with E-state index in [9.17, 15) is 13.2 Å². The van der Waals surface area contributed by atoms with E-state index < -0.39 is 11.7 Å². The minimum absolute atomic E-state index is 0.0959. The number of nitrogens with two attached hydrogens (primary N) is 1. The molecular weight excluding hydrogens is 385 g/mol. The van der Waals surface area contributed by atoms with Crippen molar-refractivity contribution in [3.63, 3.8) is 0 Å². The van der Waals surface area contributed by atoms with Gasteiger partial charge >= 0.3 is 6.18 Å². The third-order valence-corrected chi connectivity index (χ3v) is 5.43. The van der Waals surface area contributed by atoms with E-state index in [-0.39, 0.29) is 5.82 Å². The standard InChI is InChI=1S/C20H23F3N4S/c1-13(24)25-15-11-14(20(21,22)23)12-18-19(15)27(10-6-9-26(2)3)16-7-4-5-8-17(16)28-18/h4-5,7-8,11-12,25H,1,6,9-10,24H2,2-3H3. The highest BCUT2D eigenvalue weighted by Gasteiger charge is 2.35. The molecule has 150 valence electrons. The van der Waals surface area contributed by atoms with Crippen molar-refractivity contribution in [2.45, 2.75) is 22.4 Å². The van der Waals surface area contributed by atoms with Crippen molar-refractivity contribution in [3.05, 3.63) is 54.4 Å². The highest BCUT2D eigenvalue weighted by molar-refractivity contribution is 7.99. The molecule has 0 unspecified atom stereocenters. The van der Waals surface area contributed by atoms with Crippen molar-refractivity contribution >= 4 is 28.8 Å². The first-order chi connectivity index (χ1) is 13.2. The van der Waals surface area contributed by atoms with Gasteiger partial charge in [-0.15, -0.1) is 0 Å². The second-order valence-corrected chi connectivity index (χ2v) is 7.98. The lowest BCUT2D eigenvalue weighted by atomic mass is 10.1. The molecule has 28 heavy (non-hydrogen) atoms. The van der Waals surface area contributed by atoms with Crippen LogP contribution in [0.4, 0.5) is 30.2 Å². The number of anilines is 3. The van der Waals surface area contributed by atoms with Crippen molar-refractivity contribution in [2.75, 3.05) is 37.4 Å². The highest BCUT2D eigenvalue weighted by Crippen LogP contribution is 2.52. The van der Waals surface area contributed by atoms with Crippen LogP contribution in [0.5, 0.6) is 0 Å². The summed E-state index contributed by atoms with van der Waals surface area (Å²) in [5.74, 6) is 0.0959. The van der Waals surface area contributed by atoms with Gasteiger partial charge in [0.05, 0.1) is 28.4 Å². The molecule has 3 N–H and O–H groups in total. The summed E-state index contributed by atoms with van der Waals surface area (Å²) in [5.41, 5.74) is 6.95. The number of halogens is 3. The minimum Gasteiger partial charge on any atom is -0.386 e. The molecule has 2 aromatic carbocycles. The molecule has 1 aliphatic heterocycles. The first kappa shape index (κ1) is 20.4. The highest BCUT2D eigenvalue weighted by atomic mass is 32.2. The average Bonchev–Trinajstić information content (AvgIpc) is 2.59. The molecule has 2 aromatic rings. The Hall–Kier alpha value is -2.32. The minimum atomic E-state index is -4.45. The van der Waals surface area contributed by atoms with Gasteiger partial charge in [0.1, 0.15) is 0 Å². The molecular formula is C20H23F3N4S. The monoisotopic (exact) mass is 408 g/mol. The summed E-state index contributed by atoms with van der Waals surface area (Å²) in [6.45, 7) is 5.14. The normalized spacial score (nSPS) is 13.3. The number of hydrogen-bond donors (Lipinski definition) is 2. The Balaban J connectivity index is 2.13. The summed E-state index contributed by atoms with van der Waals surface area (Å²) in [5, 5.41) is 2.82. The largest absolute Gasteiger partial charge is 0.416 e. The molecule has 4 nitrogen and oxygen atoms in total. The molecule has 0 amide bonds. The van der Waals surface area contributed by atoms with Crippen molar-refractivity contribution in [2.24, 2.45) is 5.73 Å². The summed E-state index contributed by atoms with van der Waals surface area (Å²) in [7, 11) is 3.99. The molecule has 0 bridgehead atoms. The first-order valence-electron chi connectivity index (χ1n) is 8.82. The molecule has 0 aromatic heterocycles. The fourth-order valence-electron chi connectivity index (χ4n) is 3.18. The Morgan fingerprint density at radius 3 is 2.57 bits per heavy atom. The van der Waals surface area contributed by atoms with Crippen LogP contribution in [0, 0.1) is 0 Å². The van der Waals surface area contributed by atoms with E-state index >= 15 is 0 Å². The van der Waals surface area contributed by atoms with Gasteiger partial charge in [-0.3, -0.25) is 0 Å². The van der Waals surface area contributed by atoms with Crippen LogP contribution in [0.2, 0.25) is 0 Å². The van der Waals surface area contributed by atoms with Gasteiger partial charge in [-0.25, -0.2) is 0 Å². The first-order valence-corrected chi connectivity index (χ1v) is 9.64. The predicted octanol–water partition coefficient (Wildman–Crippen LogP) is 5.10. The number of rotatable bonds is 6. The van der Waals surface area contributed by atoms with Crippen molar-refractivity contribution in [3.8, 4) is 0 Å². The molecule has 0 atom stereocenters. The van der Waals surface area contributed by atoms with E-state index in [0.717, 1.165) is 29.6 Å². The van der Waals surface area contributed by atoms with E-state index in [4.69, 9.17) is 5.73 Å². The summed E-state index contributed by atoms with van der Waals surface area (Å²) >= 11 is 1.33. The van der Waals surface area contributed by atoms with Crippen molar-refractivity contribution < 1.29 is 13.2 Å². The Labute approximate surface area is 167 Å². The summed E-state index contributed by atoms with van der Waals surface area (Å²) < 4.78 is 40.4. The van der Waals surface area contributed by atoms with Crippen LogP contribution in [-0.4, -0.2) is 32.1 Å². The molecule has 0 aliphatic carbocycles. The Bertz CT molecular complexity index is 880. The molecule has 1 aliphatic rings. The number of hydrogen-bond acceptors (Lipinski definition) is 5. The summed E-state index contributed by atoms with van der Waals surface area (Å²) in [4.78, 5) is 5.62. The van der Waals surface area contributed by atoms with Gasteiger partial charge in [0.25, 0.3) is 0 Å². The fourth-order valence-corrected chi connectivity index (χ4v) is 4.35. The zero-order valence-electron chi connectivity index (χ0n) is 15.8. The molecule has 3 rings (SSSR count). The second kappa shape index (κ2) is 7.97. The predicted molar refractivity (Wildman–Crippen MR) is 109 cm³/mol. The zero-order chi connectivity index (χ0) is 20.5. The third-order valence-electron chi connectivity index (χ3n) is 4.33. The van der Waals surface area contributed by atoms with Gasteiger partial charge in [-0.2, -0.15) is 13.2 Å². The quantitative estimate of drug-likeness (QED) is 0.696. The smallest absolute Gasteiger partial charge is 0.386 e. The number of benzene rings is 2. The number of para-hydroxylation sites is 1. The Kier molecular flexibility index (Phi) is 5.81. The van der Waals surface area contributed by atoms with Crippen LogP contribution in [0.15, 0.2) is 58.6 Å². The molecule has 1 heterocycles. The lowest BCUT2D eigenvalue weighted by Gasteiger charge is -2.35. The Morgan fingerprint density at radius 1 is 1.21 bits per heavy atom. The molecule has 8 heteroatoms. The molecule has 0 spiro atoms. The molecule has 0 radical (unpaired) electrons. The van der Waals surface area contributed by atoms with E-state index in [0.29, 0.717) is 22.8 Å². The number of alkyl halides is 3. The van der Waals surface area contributed by atoms with E-state index in [2.05, 4.69) is 21.7 Å². The van der Waals surface area contributed by atoms with Crippen molar-refractivity contribution in [1.29, 1.82) is 0 Å². The SMILES string of the molecule is C=C(N)Nc1cc(C(F)(F)F)cc2c1N(CCCN(C)C)c1ccccc1S2. The molecule has 0 saturated heterocycles. The van der Waals surface area contributed by atoms with E-state index in [1.807, 2.05) is 38.4 Å². The van der Waals surface area contributed by atoms with Gasteiger partial charge in [-0.05, 0) is 51.3 Å². The lowest BCUT2D eigenvalue weighted by molar-refractivity contribution is -0.137. The average molecular weight is 408 g/mol. The van der Waals surface area contributed by atoms with Crippen LogP contribution in [0.25, 0.3) is 0 Å². The third kappa shape index (κ3) is 4.39. The topological polar surface area (TPSA) is 44.5 Å². The van der Waals surface area contributed by atoms with E-state index in [1.165, 1.54) is 17.8 Å². The number of fused-ring (bicyclic) bond motifs is 2. The molecule has 0 saturated carbocycles. The maximum absolute atomic E-state index is 13.5. The van der Waals surface area contributed by atoms with Gasteiger partial charge in [0.2, 0.25) is 0 Å². The second-order valence-electron chi connectivity index (χ2n) is 6.90. The summed E-state index contributed by atoms with van der Waals surface area (Å²) in [6.07, 6.45) is -3.59. The van der Waals surface area contributed by atoms with Crippen LogP contribution in [0.3, 0.4) is 0 Å². The van der Waals surface area contributed by atoms with Crippen LogP contribution in [0.1, 0.15) is 12.0 Å². The van der Waals surface area contributed by atoms with Gasteiger partial charge in [-0.1, -0.05) is 30.5 Å². The fraction of sp³-hybridized carbons (Fsp3) is 0.300. The van der Waals surface area contributed by atoms with Gasteiger partial charge < -0.3 is 20.9 Å². The summed E-state index contributed by atoms with van der Waals surface area (Å²) in [6, 6.07) is 10.0. The Morgan fingerprint density at radius 2 is 1.93 bits per heavy atom. The van der Waals surface area contributed by atoms with Gasteiger partial charge in [0, 0.05) is 16.3 Å². The maximum Gasteiger partial charge on any atom is 0.416 e. The van der Waals surface area contributed by atoms with Crippen LogP contribution >= 0.6 is 11.8 Å². The van der Waals surface area contributed by atoms with E-state index in [1.54, 1.807) is 0 Å². The maximum atomic E-state index is 13.5. The van der Waals surface area contributed by atoms with Crippen LogP contribution in [-0.2, 0) is 6.18 Å². The zero-order valence-corrected chi connectivity index (χ0v) is 16.6. The van der Waals surface area contributed by atoms with Gasteiger partial charge in [0.15, 0.2) is 0 Å². The molecule has 0 fully saturated rings. The number of nitrogens with one attached hydrogen (secondary N) is 1. The lowest BCUT2D eigenvalue weighted by Crippen LogP contribution is -2.27. The van der Waals surface area contributed by atoms with Crippen molar-refractivity contribution in [1.82, 2.24) is 4.90 Å². The van der Waals surface area contributed by atoms with Crippen LogP contribution < -0.4 is 16.0 Å². The number of nitrogens with zero attached hydrogens (tertiary/aromatic N) is 2.